The first-order valence-electron chi connectivity index (χ1n) is 4.02. The van der Waals surface area contributed by atoms with E-state index in [0.717, 1.165) is 12.8 Å². The van der Waals surface area contributed by atoms with Gasteiger partial charge in [-0.2, -0.15) is 0 Å². The second kappa shape index (κ2) is 2.06. The van der Waals surface area contributed by atoms with E-state index in [9.17, 15) is 4.79 Å². The smallest absolute Gasteiger partial charge is 0.165 e. The zero-order chi connectivity index (χ0) is 7.14. The third-order valence-corrected chi connectivity index (χ3v) is 2.88. The molecule has 0 aromatic rings. The van der Waals surface area contributed by atoms with Gasteiger partial charge in [0.25, 0.3) is 0 Å². The fourth-order valence-corrected chi connectivity index (χ4v) is 2.20. The first-order valence-corrected chi connectivity index (χ1v) is 4.02. The molecular formula is C8H12O2. The van der Waals surface area contributed by atoms with E-state index in [0.29, 0.717) is 5.92 Å². The first kappa shape index (κ1) is 6.35. The maximum atomic E-state index is 10.9. The van der Waals surface area contributed by atoms with Gasteiger partial charge in [0, 0.05) is 11.8 Å². The highest BCUT2D eigenvalue weighted by atomic mass is 16.3. The molecule has 0 bridgehead atoms. The largest absolute Gasteiger partial charge is 0.385 e. The molecule has 56 valence electrons. The number of aliphatic hydroxyl groups is 1. The lowest BCUT2D eigenvalue weighted by molar-refractivity contribution is -0.155. The van der Waals surface area contributed by atoms with Crippen LogP contribution < -0.4 is 0 Å². The number of aliphatic hydroxyl groups excluding tert-OH is 1. The Bertz CT molecular complexity index is 165. The van der Waals surface area contributed by atoms with Gasteiger partial charge in [0.05, 0.1) is 0 Å². The van der Waals surface area contributed by atoms with Crippen LogP contribution in [0.2, 0.25) is 0 Å². The molecule has 2 aliphatic rings. The molecular weight excluding hydrogens is 128 g/mol. The second-order valence-electron chi connectivity index (χ2n) is 3.40. The average Bonchev–Trinajstić information content (AvgIpc) is 2.03. The van der Waals surface area contributed by atoms with E-state index in [1.807, 2.05) is 0 Å². The molecule has 0 spiro atoms. The van der Waals surface area contributed by atoms with Crippen LogP contribution in [0, 0.1) is 11.8 Å². The van der Waals surface area contributed by atoms with E-state index in [1.165, 1.54) is 12.8 Å². The standard InChI is InChI=1S/C8H12O2/c9-7-5-3-1-2-4-6(5)8(7)10/h5-7,9H,1-4H2/t5-,6+,7-/m1/s1. The minimum absolute atomic E-state index is 0.102. The van der Waals surface area contributed by atoms with Crippen LogP contribution in [0.25, 0.3) is 0 Å². The van der Waals surface area contributed by atoms with Crippen LogP contribution in [0.5, 0.6) is 0 Å². The van der Waals surface area contributed by atoms with Crippen molar-refractivity contribution < 1.29 is 9.90 Å². The maximum absolute atomic E-state index is 10.9. The number of hydrogen-bond donors (Lipinski definition) is 1. The molecule has 0 unspecified atom stereocenters. The van der Waals surface area contributed by atoms with E-state index in [2.05, 4.69) is 0 Å². The zero-order valence-electron chi connectivity index (χ0n) is 5.92. The summed E-state index contributed by atoms with van der Waals surface area (Å²) in [7, 11) is 0. The number of rotatable bonds is 0. The lowest BCUT2D eigenvalue weighted by Crippen LogP contribution is -2.53. The summed E-state index contributed by atoms with van der Waals surface area (Å²) in [6.07, 6.45) is 3.88. The molecule has 2 rings (SSSR count). The third-order valence-electron chi connectivity index (χ3n) is 2.88. The number of ketones is 1. The highest BCUT2D eigenvalue weighted by Crippen LogP contribution is 2.42. The Morgan fingerprint density at radius 2 is 2.00 bits per heavy atom. The molecule has 0 radical (unpaired) electrons. The summed E-state index contributed by atoms with van der Waals surface area (Å²) in [5.41, 5.74) is 0. The van der Waals surface area contributed by atoms with Gasteiger partial charge in [0.2, 0.25) is 0 Å². The molecule has 3 atom stereocenters. The van der Waals surface area contributed by atoms with Gasteiger partial charge in [-0.25, -0.2) is 0 Å². The summed E-state index contributed by atoms with van der Waals surface area (Å²) in [6.45, 7) is 0. The number of carbonyl (C=O) groups is 1. The van der Waals surface area contributed by atoms with Crippen molar-refractivity contribution in [1.82, 2.24) is 0 Å². The first-order chi connectivity index (χ1) is 4.80. The van der Waals surface area contributed by atoms with Gasteiger partial charge in [0.1, 0.15) is 6.10 Å². The highest BCUT2D eigenvalue weighted by molar-refractivity contribution is 5.92. The van der Waals surface area contributed by atoms with E-state index in [4.69, 9.17) is 5.11 Å². The van der Waals surface area contributed by atoms with Gasteiger partial charge in [0.15, 0.2) is 5.78 Å². The van der Waals surface area contributed by atoms with Gasteiger partial charge >= 0.3 is 0 Å². The van der Waals surface area contributed by atoms with Crippen LogP contribution in [0.1, 0.15) is 25.7 Å². The summed E-state index contributed by atoms with van der Waals surface area (Å²) in [4.78, 5) is 10.9. The predicted octanol–water partition coefficient (Wildman–Crippen LogP) is 0.736. The van der Waals surface area contributed by atoms with Crippen molar-refractivity contribution in [3.8, 4) is 0 Å². The fourth-order valence-electron chi connectivity index (χ4n) is 2.20. The molecule has 2 saturated carbocycles. The van der Waals surface area contributed by atoms with Crippen molar-refractivity contribution in [2.75, 3.05) is 0 Å². The molecule has 0 heterocycles. The van der Waals surface area contributed by atoms with Crippen molar-refractivity contribution in [1.29, 1.82) is 0 Å². The number of carbonyl (C=O) groups excluding carboxylic acids is 1. The van der Waals surface area contributed by atoms with Crippen LogP contribution in [0.4, 0.5) is 0 Å². The quantitative estimate of drug-likeness (QED) is 0.538. The molecule has 0 aromatic heterocycles. The molecule has 0 aliphatic heterocycles. The molecule has 2 nitrogen and oxygen atoms in total. The van der Waals surface area contributed by atoms with Gasteiger partial charge in [-0.15, -0.1) is 0 Å². The normalized spacial score (nSPS) is 46.1. The lowest BCUT2D eigenvalue weighted by Gasteiger charge is -2.43. The number of fused-ring (bicyclic) bond motifs is 1. The minimum atomic E-state index is -0.592. The Hall–Kier alpha value is -0.370. The van der Waals surface area contributed by atoms with Gasteiger partial charge < -0.3 is 5.11 Å². The van der Waals surface area contributed by atoms with Crippen molar-refractivity contribution in [2.45, 2.75) is 31.8 Å². The Labute approximate surface area is 60.2 Å². The number of hydrogen-bond acceptors (Lipinski definition) is 2. The average molecular weight is 140 g/mol. The van der Waals surface area contributed by atoms with Gasteiger partial charge in [-0.1, -0.05) is 12.8 Å². The lowest BCUT2D eigenvalue weighted by atomic mass is 9.62. The van der Waals surface area contributed by atoms with E-state index in [1.54, 1.807) is 0 Å². The van der Waals surface area contributed by atoms with Crippen molar-refractivity contribution in [3.05, 3.63) is 0 Å². The molecule has 0 aromatic carbocycles. The van der Waals surface area contributed by atoms with E-state index in [-0.39, 0.29) is 11.7 Å². The summed E-state index contributed by atoms with van der Waals surface area (Å²) < 4.78 is 0. The summed E-state index contributed by atoms with van der Waals surface area (Å²) in [5, 5.41) is 9.16. The minimum Gasteiger partial charge on any atom is -0.385 e. The Balaban J connectivity index is 2.06. The van der Waals surface area contributed by atoms with Crippen molar-refractivity contribution in [2.24, 2.45) is 11.8 Å². The maximum Gasteiger partial charge on any atom is 0.165 e. The molecule has 10 heavy (non-hydrogen) atoms. The third kappa shape index (κ3) is 0.655. The Morgan fingerprint density at radius 3 is 2.70 bits per heavy atom. The molecule has 0 amide bonds. The predicted molar refractivity (Wildman–Crippen MR) is 36.5 cm³/mol. The summed E-state index contributed by atoms with van der Waals surface area (Å²) in [6, 6.07) is 0. The SMILES string of the molecule is O=C1[C@H]2CCCC[C@H]2[C@H]1O. The molecule has 0 saturated heterocycles. The topological polar surface area (TPSA) is 37.3 Å². The van der Waals surface area contributed by atoms with Crippen LogP contribution >= 0.6 is 0 Å². The van der Waals surface area contributed by atoms with Gasteiger partial charge in [-0.3, -0.25) is 4.79 Å². The molecule has 2 heteroatoms. The van der Waals surface area contributed by atoms with Crippen LogP contribution in [0.3, 0.4) is 0 Å². The second-order valence-corrected chi connectivity index (χ2v) is 3.40. The molecule has 1 N–H and O–H groups in total. The van der Waals surface area contributed by atoms with Crippen LogP contribution in [-0.2, 0) is 4.79 Å². The van der Waals surface area contributed by atoms with Crippen LogP contribution in [0.15, 0.2) is 0 Å². The molecule has 2 aliphatic carbocycles. The van der Waals surface area contributed by atoms with E-state index >= 15 is 0 Å². The molecule has 2 fully saturated rings. The van der Waals surface area contributed by atoms with E-state index < -0.39 is 6.10 Å². The Morgan fingerprint density at radius 1 is 1.30 bits per heavy atom. The van der Waals surface area contributed by atoms with Crippen LogP contribution in [-0.4, -0.2) is 17.0 Å². The summed E-state index contributed by atoms with van der Waals surface area (Å²) >= 11 is 0. The monoisotopic (exact) mass is 140 g/mol. The van der Waals surface area contributed by atoms with Gasteiger partial charge in [-0.05, 0) is 12.8 Å². The zero-order valence-corrected chi connectivity index (χ0v) is 5.92. The number of Topliss-reactive ketones (excluding diaryl/α,β-unsaturated/α-hetero) is 1. The highest BCUT2D eigenvalue weighted by Gasteiger charge is 2.48. The summed E-state index contributed by atoms with van der Waals surface area (Å²) in [5.74, 6) is 0.676. The Kier molecular flexibility index (Phi) is 1.31. The fraction of sp³-hybridized carbons (Fsp3) is 0.875. The van der Waals surface area contributed by atoms with Crippen molar-refractivity contribution in [3.63, 3.8) is 0 Å². The van der Waals surface area contributed by atoms with Crippen molar-refractivity contribution >= 4 is 5.78 Å².